The molecule has 0 aromatic heterocycles. The van der Waals surface area contributed by atoms with Gasteiger partial charge < -0.3 is 9.47 Å². The summed E-state index contributed by atoms with van der Waals surface area (Å²) in [5, 5.41) is 0. The number of methoxy groups -OCH3 is 1. The Hall–Kier alpha value is -1.77. The third-order valence-corrected chi connectivity index (χ3v) is 3.50. The zero-order valence-electron chi connectivity index (χ0n) is 10.9. The highest BCUT2D eigenvalue weighted by Crippen LogP contribution is 2.28. The first-order valence-electron chi connectivity index (χ1n) is 6.12. The predicted molar refractivity (Wildman–Crippen MR) is 69.6 cm³/mol. The fourth-order valence-electron chi connectivity index (χ4n) is 2.30. The van der Waals surface area contributed by atoms with Crippen LogP contribution in [0.2, 0.25) is 0 Å². The lowest BCUT2D eigenvalue weighted by molar-refractivity contribution is -0.135. The fraction of sp³-hybridized carbons (Fsp3) is 0.400. The van der Waals surface area contributed by atoms with E-state index in [1.54, 1.807) is 7.11 Å². The van der Waals surface area contributed by atoms with Crippen molar-refractivity contribution in [3.8, 4) is 5.75 Å². The number of hydrogen-bond donors (Lipinski definition) is 0. The summed E-state index contributed by atoms with van der Waals surface area (Å²) in [6.07, 6.45) is 1.74. The van der Waals surface area contributed by atoms with Gasteiger partial charge in [-0.15, -0.1) is 0 Å². The molecule has 0 N–H and O–H groups in total. The highest BCUT2D eigenvalue weighted by Gasteiger charge is 2.28. The Labute approximate surface area is 107 Å². The maximum Gasteiger partial charge on any atom is 0.333 e. The molecule has 0 bridgehead atoms. The largest absolute Gasteiger partial charge is 0.496 e. The fourth-order valence-corrected chi connectivity index (χ4v) is 2.30. The van der Waals surface area contributed by atoms with E-state index in [2.05, 4.69) is 19.6 Å². The summed E-state index contributed by atoms with van der Waals surface area (Å²) in [6, 6.07) is 6.02. The SMILES string of the molecule is C=C1C(=O)OC[C@H]1CCc1c(C)cccc1OC. The highest BCUT2D eigenvalue weighted by atomic mass is 16.5. The predicted octanol–water partition coefficient (Wildman–Crippen LogP) is 2.67. The van der Waals surface area contributed by atoms with Crippen LogP contribution in [0.3, 0.4) is 0 Å². The zero-order chi connectivity index (χ0) is 13.1. The first-order valence-corrected chi connectivity index (χ1v) is 6.12. The number of hydrogen-bond acceptors (Lipinski definition) is 3. The maximum absolute atomic E-state index is 11.2. The average molecular weight is 246 g/mol. The zero-order valence-corrected chi connectivity index (χ0v) is 10.9. The third-order valence-electron chi connectivity index (χ3n) is 3.50. The minimum absolute atomic E-state index is 0.141. The first-order chi connectivity index (χ1) is 8.63. The number of carbonyl (C=O) groups excluding carboxylic acids is 1. The Balaban J connectivity index is 2.07. The van der Waals surface area contributed by atoms with Gasteiger partial charge in [0.2, 0.25) is 0 Å². The molecule has 1 heterocycles. The van der Waals surface area contributed by atoms with Crippen LogP contribution >= 0.6 is 0 Å². The van der Waals surface area contributed by atoms with Crippen LogP contribution in [0.5, 0.6) is 5.75 Å². The Kier molecular flexibility index (Phi) is 3.70. The average Bonchev–Trinajstić information content (AvgIpc) is 2.68. The van der Waals surface area contributed by atoms with E-state index in [0.717, 1.165) is 18.6 Å². The second-order valence-corrected chi connectivity index (χ2v) is 4.62. The van der Waals surface area contributed by atoms with E-state index in [0.29, 0.717) is 12.2 Å². The van der Waals surface area contributed by atoms with Crippen molar-refractivity contribution < 1.29 is 14.3 Å². The van der Waals surface area contributed by atoms with Crippen LogP contribution in [0.4, 0.5) is 0 Å². The molecular weight excluding hydrogens is 228 g/mol. The number of carbonyl (C=O) groups is 1. The number of ether oxygens (including phenoxy) is 2. The molecular formula is C15H18O3. The topological polar surface area (TPSA) is 35.5 Å². The van der Waals surface area contributed by atoms with Crippen molar-refractivity contribution in [2.75, 3.05) is 13.7 Å². The highest BCUT2D eigenvalue weighted by molar-refractivity contribution is 5.90. The summed E-state index contributed by atoms with van der Waals surface area (Å²) in [5.74, 6) is 0.796. The molecule has 0 aliphatic carbocycles. The van der Waals surface area contributed by atoms with Crippen molar-refractivity contribution in [2.45, 2.75) is 19.8 Å². The van der Waals surface area contributed by atoms with Crippen LogP contribution in [0, 0.1) is 12.8 Å². The van der Waals surface area contributed by atoms with Gasteiger partial charge in [0.15, 0.2) is 0 Å². The van der Waals surface area contributed by atoms with Gasteiger partial charge in [-0.3, -0.25) is 0 Å². The number of benzene rings is 1. The summed E-state index contributed by atoms with van der Waals surface area (Å²) >= 11 is 0. The van der Waals surface area contributed by atoms with Crippen molar-refractivity contribution in [1.82, 2.24) is 0 Å². The smallest absolute Gasteiger partial charge is 0.333 e. The van der Waals surface area contributed by atoms with Crippen LogP contribution in [-0.2, 0) is 16.0 Å². The van der Waals surface area contributed by atoms with Gasteiger partial charge in [0, 0.05) is 11.5 Å². The van der Waals surface area contributed by atoms with Crippen LogP contribution in [0.25, 0.3) is 0 Å². The summed E-state index contributed by atoms with van der Waals surface area (Å²) in [4.78, 5) is 11.2. The first kappa shape index (κ1) is 12.7. The second-order valence-electron chi connectivity index (χ2n) is 4.62. The van der Waals surface area contributed by atoms with E-state index in [9.17, 15) is 4.79 Å². The molecule has 18 heavy (non-hydrogen) atoms. The summed E-state index contributed by atoms with van der Waals surface area (Å²) in [6.45, 7) is 6.32. The lowest BCUT2D eigenvalue weighted by Crippen LogP contribution is -2.05. The van der Waals surface area contributed by atoms with Gasteiger partial charge in [-0.05, 0) is 37.0 Å². The van der Waals surface area contributed by atoms with Crippen molar-refractivity contribution in [2.24, 2.45) is 5.92 Å². The molecule has 3 heteroatoms. The number of aryl methyl sites for hydroxylation is 1. The van der Waals surface area contributed by atoms with Gasteiger partial charge >= 0.3 is 5.97 Å². The Morgan fingerprint density at radius 2 is 2.28 bits per heavy atom. The van der Waals surface area contributed by atoms with Crippen molar-refractivity contribution in [3.63, 3.8) is 0 Å². The van der Waals surface area contributed by atoms with E-state index >= 15 is 0 Å². The second kappa shape index (κ2) is 5.25. The van der Waals surface area contributed by atoms with Gasteiger partial charge in [-0.25, -0.2) is 4.79 Å². The molecule has 1 aliphatic rings. The molecule has 1 aromatic rings. The molecule has 96 valence electrons. The Morgan fingerprint density at radius 1 is 1.50 bits per heavy atom. The Bertz CT molecular complexity index is 477. The summed E-state index contributed by atoms with van der Waals surface area (Å²) in [7, 11) is 1.68. The standard InChI is InChI=1S/C15H18O3/c1-10-5-4-6-14(17-3)13(10)8-7-12-9-18-15(16)11(12)2/h4-6,12H,2,7-9H2,1,3H3/t12-/m1/s1. The minimum Gasteiger partial charge on any atom is -0.496 e. The summed E-state index contributed by atoms with van der Waals surface area (Å²) < 4.78 is 10.4. The lowest BCUT2D eigenvalue weighted by Gasteiger charge is -2.13. The molecule has 1 atom stereocenters. The van der Waals surface area contributed by atoms with Crippen LogP contribution in [0.15, 0.2) is 30.4 Å². The minimum atomic E-state index is -0.253. The normalized spacial score (nSPS) is 18.9. The lowest BCUT2D eigenvalue weighted by atomic mass is 9.93. The molecule has 3 nitrogen and oxygen atoms in total. The van der Waals surface area contributed by atoms with Gasteiger partial charge in [0.05, 0.1) is 13.7 Å². The van der Waals surface area contributed by atoms with Crippen molar-refractivity contribution >= 4 is 5.97 Å². The van der Waals surface area contributed by atoms with Gasteiger partial charge in [0.1, 0.15) is 5.75 Å². The van der Waals surface area contributed by atoms with E-state index in [-0.39, 0.29) is 11.9 Å². The van der Waals surface area contributed by atoms with Crippen LogP contribution in [-0.4, -0.2) is 19.7 Å². The molecule has 0 amide bonds. The van der Waals surface area contributed by atoms with Gasteiger partial charge in [-0.1, -0.05) is 18.7 Å². The van der Waals surface area contributed by atoms with Crippen molar-refractivity contribution in [1.29, 1.82) is 0 Å². The quantitative estimate of drug-likeness (QED) is 0.605. The van der Waals surface area contributed by atoms with E-state index in [1.807, 2.05) is 12.1 Å². The van der Waals surface area contributed by atoms with E-state index in [1.165, 1.54) is 11.1 Å². The third kappa shape index (κ3) is 2.40. The van der Waals surface area contributed by atoms with E-state index < -0.39 is 0 Å². The molecule has 1 aliphatic heterocycles. The van der Waals surface area contributed by atoms with Crippen LogP contribution < -0.4 is 4.74 Å². The number of cyclic esters (lactones) is 1. The van der Waals surface area contributed by atoms with E-state index in [4.69, 9.17) is 9.47 Å². The van der Waals surface area contributed by atoms with Gasteiger partial charge in [-0.2, -0.15) is 0 Å². The number of esters is 1. The maximum atomic E-state index is 11.2. The molecule has 1 saturated heterocycles. The molecule has 1 aromatic carbocycles. The molecule has 0 unspecified atom stereocenters. The molecule has 2 rings (SSSR count). The summed E-state index contributed by atoms with van der Waals surface area (Å²) in [5.41, 5.74) is 3.01. The van der Waals surface area contributed by atoms with Crippen molar-refractivity contribution in [3.05, 3.63) is 41.5 Å². The van der Waals surface area contributed by atoms with Crippen LogP contribution in [0.1, 0.15) is 17.5 Å². The number of rotatable bonds is 4. The monoisotopic (exact) mass is 246 g/mol. The molecule has 0 radical (unpaired) electrons. The van der Waals surface area contributed by atoms with Gasteiger partial charge in [0.25, 0.3) is 0 Å². The molecule has 0 spiro atoms. The Morgan fingerprint density at radius 3 is 2.89 bits per heavy atom. The molecule has 0 saturated carbocycles. The molecule has 1 fully saturated rings.